The highest BCUT2D eigenvalue weighted by molar-refractivity contribution is 6.31. The summed E-state index contributed by atoms with van der Waals surface area (Å²) in [6, 6.07) is 23.2. The third kappa shape index (κ3) is 7.43. The molecule has 3 aromatic carbocycles. The Bertz CT molecular complexity index is 1300. The smallest absolute Gasteiger partial charge is 0.407 e. The van der Waals surface area contributed by atoms with Gasteiger partial charge in [-0.1, -0.05) is 60.1 Å². The number of carbonyl (C=O) groups is 2. The van der Waals surface area contributed by atoms with Crippen LogP contribution in [0.1, 0.15) is 49.8 Å². The van der Waals surface area contributed by atoms with Crippen molar-refractivity contribution < 1.29 is 14.3 Å². The fourth-order valence-electron chi connectivity index (χ4n) is 4.19. The minimum atomic E-state index is -0.528. The largest absolute Gasteiger partial charge is 0.444 e. The van der Waals surface area contributed by atoms with E-state index in [1.165, 1.54) is 0 Å². The Labute approximate surface area is 228 Å². The maximum atomic E-state index is 13.0. The molecule has 198 valence electrons. The van der Waals surface area contributed by atoms with Crippen LogP contribution in [0, 0.1) is 0 Å². The quantitative estimate of drug-likeness (QED) is 0.226. The molecule has 1 heterocycles. The number of anilines is 1. The number of fused-ring (bicyclic) bond motifs is 1. The molecule has 0 radical (unpaired) electrons. The van der Waals surface area contributed by atoms with Crippen molar-refractivity contribution in [1.29, 1.82) is 0 Å². The van der Waals surface area contributed by atoms with E-state index in [2.05, 4.69) is 16.0 Å². The third-order valence-electron chi connectivity index (χ3n) is 5.90. The lowest BCUT2D eigenvalue weighted by molar-refractivity contribution is -0.115. The third-order valence-corrected chi connectivity index (χ3v) is 6.14. The molecule has 1 atom stereocenters. The average Bonchev–Trinajstić information content (AvgIpc) is 3.19. The zero-order valence-electron chi connectivity index (χ0n) is 21.9. The summed E-state index contributed by atoms with van der Waals surface area (Å²) in [4.78, 5) is 29.7. The van der Waals surface area contributed by atoms with Crippen molar-refractivity contribution in [1.82, 2.24) is 10.6 Å². The number of halogens is 1. The summed E-state index contributed by atoms with van der Waals surface area (Å²) >= 11 is 6.15. The molecule has 4 rings (SSSR count). The highest BCUT2D eigenvalue weighted by Gasteiger charge is 2.35. The predicted molar refractivity (Wildman–Crippen MR) is 152 cm³/mol. The van der Waals surface area contributed by atoms with Crippen LogP contribution < -0.4 is 16.0 Å². The Hall–Kier alpha value is -3.68. The monoisotopic (exact) mass is 532 g/mol. The van der Waals surface area contributed by atoms with Crippen molar-refractivity contribution in [2.75, 3.05) is 18.4 Å². The van der Waals surface area contributed by atoms with E-state index in [1.54, 1.807) is 12.1 Å². The Morgan fingerprint density at radius 3 is 2.47 bits per heavy atom. The summed E-state index contributed by atoms with van der Waals surface area (Å²) < 4.78 is 5.23. The van der Waals surface area contributed by atoms with Crippen LogP contribution >= 0.6 is 11.6 Å². The lowest BCUT2D eigenvalue weighted by atomic mass is 9.90. The van der Waals surface area contributed by atoms with Crippen molar-refractivity contribution in [3.63, 3.8) is 0 Å². The maximum absolute atomic E-state index is 13.0. The number of nitrogens with zero attached hydrogens (tertiary/aromatic N) is 1. The highest BCUT2D eigenvalue weighted by Crippen LogP contribution is 2.37. The van der Waals surface area contributed by atoms with Gasteiger partial charge in [-0.2, -0.15) is 0 Å². The van der Waals surface area contributed by atoms with Crippen LogP contribution in [0.2, 0.25) is 5.02 Å². The molecule has 0 saturated carbocycles. The fraction of sp³-hybridized carbons (Fsp3) is 0.300. The molecule has 0 bridgehead atoms. The first-order chi connectivity index (χ1) is 18.2. The molecule has 0 aromatic heterocycles. The molecule has 3 N–H and O–H groups in total. The van der Waals surface area contributed by atoms with Crippen molar-refractivity contribution in [2.24, 2.45) is 4.99 Å². The Balaban J connectivity index is 1.39. The van der Waals surface area contributed by atoms with Gasteiger partial charge in [-0.15, -0.1) is 0 Å². The molecule has 8 heteroatoms. The molecule has 0 saturated heterocycles. The summed E-state index contributed by atoms with van der Waals surface area (Å²) in [6.45, 7) is 7.52. The summed E-state index contributed by atoms with van der Waals surface area (Å²) in [7, 11) is 0. The number of aliphatic imine (C=N–C) groups is 1. The molecular weight excluding hydrogens is 500 g/mol. The number of carbonyl (C=O) groups excluding carboxylic acids is 2. The zero-order chi connectivity index (χ0) is 27.1. The van der Waals surface area contributed by atoms with Crippen LogP contribution in [-0.4, -0.2) is 36.4 Å². The van der Waals surface area contributed by atoms with Crippen LogP contribution in [0.5, 0.6) is 0 Å². The van der Waals surface area contributed by atoms with E-state index in [4.69, 9.17) is 21.3 Å². The van der Waals surface area contributed by atoms with Crippen LogP contribution in [0.4, 0.5) is 16.2 Å². The van der Waals surface area contributed by atoms with E-state index in [1.807, 2.05) is 81.4 Å². The molecule has 38 heavy (non-hydrogen) atoms. The predicted octanol–water partition coefficient (Wildman–Crippen LogP) is 6.20. The van der Waals surface area contributed by atoms with Gasteiger partial charge in [0.1, 0.15) is 11.5 Å². The van der Waals surface area contributed by atoms with E-state index in [0.717, 1.165) is 41.0 Å². The first-order valence-electron chi connectivity index (χ1n) is 12.7. The van der Waals surface area contributed by atoms with Crippen molar-refractivity contribution >= 4 is 40.7 Å². The molecule has 1 unspecified atom stereocenters. The van der Waals surface area contributed by atoms with Gasteiger partial charge in [-0.25, -0.2) is 4.79 Å². The molecule has 1 aliphatic heterocycles. The summed E-state index contributed by atoms with van der Waals surface area (Å²) in [5, 5.41) is 9.67. The number of hydrogen-bond acceptors (Lipinski definition) is 5. The number of nitrogens with one attached hydrogen (secondary N) is 3. The van der Waals surface area contributed by atoms with Gasteiger partial charge < -0.3 is 20.7 Å². The maximum Gasteiger partial charge on any atom is 0.407 e. The van der Waals surface area contributed by atoms with Crippen molar-refractivity contribution in [3.05, 3.63) is 94.5 Å². The molecule has 3 aromatic rings. The molecule has 7 nitrogen and oxygen atoms in total. The first kappa shape index (κ1) is 27.4. The Kier molecular flexibility index (Phi) is 8.81. The van der Waals surface area contributed by atoms with Gasteiger partial charge in [0.2, 0.25) is 5.91 Å². The van der Waals surface area contributed by atoms with Crippen LogP contribution in [0.3, 0.4) is 0 Å². The second kappa shape index (κ2) is 12.2. The van der Waals surface area contributed by atoms with Gasteiger partial charge >= 0.3 is 6.09 Å². The second-order valence-electron chi connectivity index (χ2n) is 10.1. The molecule has 1 aliphatic rings. The minimum Gasteiger partial charge on any atom is -0.444 e. The normalized spacial score (nSPS) is 15.1. The Morgan fingerprint density at radius 2 is 1.76 bits per heavy atom. The van der Waals surface area contributed by atoms with E-state index in [9.17, 15) is 9.59 Å². The first-order valence-corrected chi connectivity index (χ1v) is 13.1. The highest BCUT2D eigenvalue weighted by atomic mass is 35.5. The fourth-order valence-corrected chi connectivity index (χ4v) is 4.36. The Morgan fingerprint density at radius 1 is 1.03 bits per heavy atom. The topological polar surface area (TPSA) is 91.8 Å². The number of alkyl carbamates (subject to hydrolysis) is 1. The van der Waals surface area contributed by atoms with Gasteiger partial charge in [0.05, 0.1) is 11.4 Å². The summed E-state index contributed by atoms with van der Waals surface area (Å²) in [6.07, 6.45) is 0.393. The van der Waals surface area contributed by atoms with E-state index < -0.39 is 17.6 Å². The second-order valence-corrected chi connectivity index (χ2v) is 10.6. The van der Waals surface area contributed by atoms with Gasteiger partial charge in [0.15, 0.2) is 0 Å². The molecule has 2 amide bonds. The van der Waals surface area contributed by atoms with E-state index in [0.29, 0.717) is 23.8 Å². The number of rotatable bonds is 9. The van der Waals surface area contributed by atoms with Crippen molar-refractivity contribution in [2.45, 2.75) is 45.3 Å². The number of ether oxygens (including phenoxy) is 1. The van der Waals surface area contributed by atoms with Crippen LogP contribution in [0.15, 0.2) is 77.8 Å². The molecular formula is C30H33ClN4O3. The van der Waals surface area contributed by atoms with Gasteiger partial charge in [-0.3, -0.25) is 9.79 Å². The van der Waals surface area contributed by atoms with E-state index >= 15 is 0 Å². The average molecular weight is 533 g/mol. The molecule has 0 fully saturated rings. The molecule has 0 aliphatic carbocycles. The number of amides is 2. The molecule has 0 spiro atoms. The lowest BCUT2D eigenvalue weighted by Gasteiger charge is -2.19. The number of hydrogen-bond donors (Lipinski definition) is 3. The van der Waals surface area contributed by atoms with Gasteiger partial charge in [-0.05, 0) is 74.7 Å². The summed E-state index contributed by atoms with van der Waals surface area (Å²) in [5.41, 5.74) is 4.55. The number of benzene rings is 3. The van der Waals surface area contributed by atoms with Gasteiger partial charge in [0.25, 0.3) is 0 Å². The zero-order valence-corrected chi connectivity index (χ0v) is 22.6. The SMILES string of the molecule is CC(C)(C)OC(=O)NCCCNCc1ccc(N=C(c2ccccc2)C2C(=O)Nc3cc(Cl)ccc32)cc1. The van der Waals surface area contributed by atoms with Crippen LogP contribution in [0.25, 0.3) is 0 Å². The van der Waals surface area contributed by atoms with Crippen LogP contribution in [-0.2, 0) is 16.1 Å². The summed E-state index contributed by atoms with van der Waals surface area (Å²) in [5.74, 6) is -0.646. The standard InChI is InChI=1S/C30H33ClN4O3/c1-30(2,3)38-29(37)33-17-7-16-32-19-20-10-13-23(14-11-20)34-27(21-8-5-4-6-9-21)26-24-15-12-22(31)18-25(24)35-28(26)36/h4-6,8-15,18,26,32H,7,16-17,19H2,1-3H3,(H,33,37)(H,35,36). The minimum absolute atomic E-state index is 0.119. The van der Waals surface area contributed by atoms with E-state index in [-0.39, 0.29) is 5.91 Å². The van der Waals surface area contributed by atoms with Crippen molar-refractivity contribution in [3.8, 4) is 0 Å². The lowest BCUT2D eigenvalue weighted by Crippen LogP contribution is -2.33. The van der Waals surface area contributed by atoms with Gasteiger partial charge in [0, 0.05) is 23.8 Å².